The van der Waals surface area contributed by atoms with E-state index in [-0.39, 0.29) is 0 Å². The predicted octanol–water partition coefficient (Wildman–Crippen LogP) is -0.0521. The highest BCUT2D eigenvalue weighted by Crippen LogP contribution is 2.05. The van der Waals surface area contributed by atoms with Crippen LogP contribution in [-0.4, -0.2) is 24.7 Å². The number of rotatable bonds is 1. The Morgan fingerprint density at radius 2 is 2.23 bits per heavy atom. The van der Waals surface area contributed by atoms with Gasteiger partial charge in [0.2, 0.25) is 0 Å². The summed E-state index contributed by atoms with van der Waals surface area (Å²) >= 11 is 0. The maximum atomic E-state index is 5.55. The van der Waals surface area contributed by atoms with Gasteiger partial charge in [-0.25, -0.2) is 19.6 Å². The van der Waals surface area contributed by atoms with Gasteiger partial charge in [0.15, 0.2) is 5.82 Å². The molecule has 13 heavy (non-hydrogen) atoms. The highest BCUT2D eigenvalue weighted by Gasteiger charge is 2.01. The van der Waals surface area contributed by atoms with E-state index in [0.717, 1.165) is 0 Å². The van der Waals surface area contributed by atoms with Gasteiger partial charge in [-0.1, -0.05) is 0 Å². The molecule has 0 unspecified atom stereocenters. The minimum absolute atomic E-state index is 0.429. The number of anilines is 1. The number of nitrogens with zero attached hydrogens (tertiary/aromatic N) is 5. The lowest BCUT2D eigenvalue weighted by atomic mass is 10.5. The van der Waals surface area contributed by atoms with E-state index in [4.69, 9.17) is 5.73 Å². The number of aryl methyl sites for hydroxylation is 1. The quantitative estimate of drug-likeness (QED) is 0.658. The zero-order valence-electron chi connectivity index (χ0n) is 7.05. The van der Waals surface area contributed by atoms with Crippen LogP contribution in [0.25, 0.3) is 5.82 Å². The van der Waals surface area contributed by atoms with Crippen molar-refractivity contribution in [3.63, 3.8) is 0 Å². The largest absolute Gasteiger partial charge is 0.384 e. The van der Waals surface area contributed by atoms with Crippen molar-refractivity contribution in [2.75, 3.05) is 5.73 Å². The van der Waals surface area contributed by atoms with E-state index in [9.17, 15) is 0 Å². The van der Waals surface area contributed by atoms with Crippen molar-refractivity contribution in [1.29, 1.82) is 0 Å². The highest BCUT2D eigenvalue weighted by atomic mass is 15.3. The summed E-state index contributed by atoms with van der Waals surface area (Å²) in [6, 6.07) is 1.64. The van der Waals surface area contributed by atoms with Crippen molar-refractivity contribution < 1.29 is 0 Å². The minimum Gasteiger partial charge on any atom is -0.384 e. The number of hydrogen-bond donors (Lipinski definition) is 1. The van der Waals surface area contributed by atoms with Crippen LogP contribution in [0.4, 0.5) is 5.82 Å². The molecule has 2 N–H and O–H groups in total. The van der Waals surface area contributed by atoms with Gasteiger partial charge in [0.05, 0.1) is 0 Å². The third-order valence-corrected chi connectivity index (χ3v) is 1.50. The summed E-state index contributed by atoms with van der Waals surface area (Å²) in [6.45, 7) is 1.77. The summed E-state index contributed by atoms with van der Waals surface area (Å²) in [5.74, 6) is 1.67. The smallest absolute Gasteiger partial charge is 0.160 e. The second kappa shape index (κ2) is 2.81. The Bertz CT molecular complexity index is 387. The molecule has 0 aliphatic rings. The van der Waals surface area contributed by atoms with E-state index in [0.29, 0.717) is 17.5 Å². The third-order valence-electron chi connectivity index (χ3n) is 1.50. The van der Waals surface area contributed by atoms with Gasteiger partial charge in [-0.3, -0.25) is 0 Å². The molecular weight excluding hydrogens is 168 g/mol. The van der Waals surface area contributed by atoms with E-state index in [1.807, 2.05) is 0 Å². The van der Waals surface area contributed by atoms with Crippen molar-refractivity contribution in [3.05, 3.63) is 24.5 Å². The van der Waals surface area contributed by atoms with Crippen molar-refractivity contribution in [2.24, 2.45) is 0 Å². The van der Waals surface area contributed by atoms with Crippen LogP contribution >= 0.6 is 0 Å². The standard InChI is InChI=1S/C7H8N6/c1-5-11-6(8)2-7(12-5)13-4-9-3-10-13/h2-4H,1H3,(H2,8,11,12). The molecule has 0 aliphatic carbocycles. The molecule has 0 saturated heterocycles. The molecule has 0 fully saturated rings. The fourth-order valence-corrected chi connectivity index (χ4v) is 1.02. The topological polar surface area (TPSA) is 82.5 Å². The molecule has 0 aromatic carbocycles. The van der Waals surface area contributed by atoms with E-state index >= 15 is 0 Å². The van der Waals surface area contributed by atoms with Crippen LogP contribution < -0.4 is 5.73 Å². The molecule has 0 bridgehead atoms. The number of nitrogens with two attached hydrogens (primary N) is 1. The first-order valence-corrected chi connectivity index (χ1v) is 3.72. The molecule has 2 aromatic heterocycles. The maximum absolute atomic E-state index is 5.55. The minimum atomic E-state index is 0.429. The average Bonchev–Trinajstić information content (AvgIpc) is 2.53. The second-order valence-electron chi connectivity index (χ2n) is 2.54. The van der Waals surface area contributed by atoms with Gasteiger partial charge < -0.3 is 5.73 Å². The fourth-order valence-electron chi connectivity index (χ4n) is 1.02. The van der Waals surface area contributed by atoms with Crippen molar-refractivity contribution in [1.82, 2.24) is 24.7 Å². The molecule has 6 nitrogen and oxygen atoms in total. The van der Waals surface area contributed by atoms with E-state index < -0.39 is 0 Å². The average molecular weight is 176 g/mol. The SMILES string of the molecule is Cc1nc(N)cc(-n2cncn2)n1. The normalized spacial score (nSPS) is 10.2. The van der Waals surface area contributed by atoms with Crippen LogP contribution in [0.1, 0.15) is 5.82 Å². The monoisotopic (exact) mass is 176 g/mol. The fraction of sp³-hybridized carbons (Fsp3) is 0.143. The molecule has 0 radical (unpaired) electrons. The van der Waals surface area contributed by atoms with E-state index in [2.05, 4.69) is 20.1 Å². The first-order valence-electron chi connectivity index (χ1n) is 3.72. The lowest BCUT2D eigenvalue weighted by Crippen LogP contribution is -2.03. The first kappa shape index (κ1) is 7.66. The molecule has 0 saturated carbocycles. The van der Waals surface area contributed by atoms with Crippen LogP contribution in [0.5, 0.6) is 0 Å². The van der Waals surface area contributed by atoms with Gasteiger partial charge in [-0.05, 0) is 6.92 Å². The number of nitrogen functional groups attached to an aromatic ring is 1. The zero-order chi connectivity index (χ0) is 9.26. The molecule has 2 aromatic rings. The Kier molecular flexibility index (Phi) is 1.66. The summed E-state index contributed by atoms with van der Waals surface area (Å²) in [5.41, 5.74) is 5.55. The van der Waals surface area contributed by atoms with Gasteiger partial charge in [0, 0.05) is 6.07 Å². The van der Waals surface area contributed by atoms with Gasteiger partial charge in [0.25, 0.3) is 0 Å². The molecule has 2 rings (SSSR count). The van der Waals surface area contributed by atoms with Crippen LogP contribution in [0, 0.1) is 6.92 Å². The summed E-state index contributed by atoms with van der Waals surface area (Å²) in [4.78, 5) is 11.9. The molecule has 0 aliphatic heterocycles. The Morgan fingerprint density at radius 1 is 1.38 bits per heavy atom. The van der Waals surface area contributed by atoms with E-state index in [1.165, 1.54) is 11.0 Å². The molecule has 0 amide bonds. The summed E-state index contributed by atoms with van der Waals surface area (Å²) in [5, 5.41) is 3.93. The highest BCUT2D eigenvalue weighted by molar-refractivity contribution is 5.36. The molecule has 0 spiro atoms. The van der Waals surface area contributed by atoms with Crippen molar-refractivity contribution in [2.45, 2.75) is 6.92 Å². The predicted molar refractivity (Wildman–Crippen MR) is 46.1 cm³/mol. The Labute approximate surface area is 74.5 Å². The van der Waals surface area contributed by atoms with Crippen molar-refractivity contribution >= 4 is 5.82 Å². The van der Waals surface area contributed by atoms with Gasteiger partial charge in [-0.15, -0.1) is 0 Å². The van der Waals surface area contributed by atoms with Crippen LogP contribution in [-0.2, 0) is 0 Å². The Balaban J connectivity index is 2.53. The van der Waals surface area contributed by atoms with Gasteiger partial charge >= 0.3 is 0 Å². The second-order valence-corrected chi connectivity index (χ2v) is 2.54. The number of hydrogen-bond acceptors (Lipinski definition) is 5. The van der Waals surface area contributed by atoms with Crippen LogP contribution in [0.3, 0.4) is 0 Å². The van der Waals surface area contributed by atoms with Gasteiger partial charge in [-0.2, -0.15) is 5.10 Å². The molecule has 66 valence electrons. The Hall–Kier alpha value is -1.98. The molecular formula is C7H8N6. The van der Waals surface area contributed by atoms with Crippen molar-refractivity contribution in [3.8, 4) is 5.82 Å². The number of aromatic nitrogens is 5. The lowest BCUT2D eigenvalue weighted by molar-refractivity contribution is 0.828. The zero-order valence-corrected chi connectivity index (χ0v) is 7.05. The lowest BCUT2D eigenvalue weighted by Gasteiger charge is -2.01. The third kappa shape index (κ3) is 1.46. The van der Waals surface area contributed by atoms with Crippen LogP contribution in [0.15, 0.2) is 18.7 Å². The van der Waals surface area contributed by atoms with Gasteiger partial charge in [0.1, 0.15) is 24.3 Å². The summed E-state index contributed by atoms with van der Waals surface area (Å²) < 4.78 is 1.53. The van der Waals surface area contributed by atoms with Crippen LogP contribution in [0.2, 0.25) is 0 Å². The summed E-state index contributed by atoms with van der Waals surface area (Å²) in [7, 11) is 0. The van der Waals surface area contributed by atoms with E-state index in [1.54, 1.807) is 19.3 Å². The maximum Gasteiger partial charge on any atom is 0.160 e. The molecule has 0 atom stereocenters. The Morgan fingerprint density at radius 3 is 2.85 bits per heavy atom. The molecule has 2 heterocycles. The summed E-state index contributed by atoms with van der Waals surface area (Å²) in [6.07, 6.45) is 2.99. The molecule has 6 heteroatoms. The first-order chi connectivity index (χ1) is 6.25.